The molecule has 0 saturated carbocycles. The highest BCUT2D eigenvalue weighted by atomic mass is 19.1. The summed E-state index contributed by atoms with van der Waals surface area (Å²) < 4.78 is 13.5. The van der Waals surface area contributed by atoms with E-state index in [1.807, 2.05) is 13.8 Å². The number of primary amides is 1. The molecule has 0 fully saturated rings. The number of hydrogen-bond donors (Lipinski definition) is 3. The smallest absolute Gasteiger partial charge is 0.237 e. The molecule has 0 radical (unpaired) electrons. The molecule has 0 aliphatic heterocycles. The molecule has 0 aliphatic carbocycles. The number of hydrogen-bond acceptors (Lipinski definition) is 3. The van der Waals surface area contributed by atoms with Gasteiger partial charge < -0.3 is 16.2 Å². The van der Waals surface area contributed by atoms with Crippen molar-refractivity contribution in [2.75, 3.05) is 6.54 Å². The van der Waals surface area contributed by atoms with Gasteiger partial charge in [0, 0.05) is 12.1 Å². The van der Waals surface area contributed by atoms with Gasteiger partial charge in [0.1, 0.15) is 5.82 Å². The lowest BCUT2D eigenvalue weighted by molar-refractivity contribution is -0.124. The number of rotatable bonds is 7. The van der Waals surface area contributed by atoms with Crippen LogP contribution in [0.5, 0.6) is 0 Å². The number of β-amino-alcohol motifs (C(OH)–C–C–N with tert-alkyl or cyclic N) is 1. The molecule has 2 atom stereocenters. The minimum atomic E-state index is -1.03. The number of carbonyl (C=O) groups is 1. The van der Waals surface area contributed by atoms with Gasteiger partial charge in [-0.15, -0.1) is 0 Å². The summed E-state index contributed by atoms with van der Waals surface area (Å²) in [7, 11) is 0. The van der Waals surface area contributed by atoms with Gasteiger partial charge in [0.2, 0.25) is 5.91 Å². The van der Waals surface area contributed by atoms with Crippen molar-refractivity contribution >= 4 is 5.91 Å². The second-order valence-electron chi connectivity index (χ2n) is 5.71. The first-order chi connectivity index (χ1) is 9.26. The fourth-order valence-electron chi connectivity index (χ4n) is 2.25. The summed E-state index contributed by atoms with van der Waals surface area (Å²) >= 11 is 0. The van der Waals surface area contributed by atoms with Gasteiger partial charge in [-0.2, -0.15) is 0 Å². The Morgan fingerprint density at radius 1 is 1.45 bits per heavy atom. The second kappa shape index (κ2) is 6.81. The zero-order valence-electron chi connectivity index (χ0n) is 12.2. The van der Waals surface area contributed by atoms with Crippen LogP contribution in [0.15, 0.2) is 24.3 Å². The monoisotopic (exact) mass is 282 g/mol. The van der Waals surface area contributed by atoms with Crippen LogP contribution in [0.1, 0.15) is 38.9 Å². The van der Waals surface area contributed by atoms with E-state index in [-0.39, 0.29) is 18.0 Å². The number of nitrogens with two attached hydrogens (primary N) is 1. The standard InChI is InChI=1S/C15H23FN2O2/c1-10(2)8-15(3,14(17)20)18-9-13(19)11-6-4-5-7-12(11)16/h4-7,10,13,18-19H,8-9H2,1-3H3,(H2,17,20). The predicted molar refractivity (Wildman–Crippen MR) is 76.4 cm³/mol. The minimum absolute atomic E-state index is 0.0626. The van der Waals surface area contributed by atoms with E-state index >= 15 is 0 Å². The maximum atomic E-state index is 13.5. The normalized spacial score (nSPS) is 15.9. The topological polar surface area (TPSA) is 75.3 Å². The molecule has 1 amide bonds. The molecule has 0 bridgehead atoms. The molecule has 1 aromatic rings. The van der Waals surface area contributed by atoms with Crippen molar-refractivity contribution in [2.24, 2.45) is 11.7 Å². The summed E-state index contributed by atoms with van der Waals surface area (Å²) in [6, 6.07) is 6.03. The van der Waals surface area contributed by atoms with Crippen molar-refractivity contribution in [3.63, 3.8) is 0 Å². The molecule has 4 N–H and O–H groups in total. The average Bonchev–Trinajstić information content (AvgIpc) is 2.35. The third kappa shape index (κ3) is 4.28. The molecular weight excluding hydrogens is 259 g/mol. The highest BCUT2D eigenvalue weighted by Gasteiger charge is 2.32. The molecule has 5 heteroatoms. The molecule has 1 rings (SSSR count). The van der Waals surface area contributed by atoms with Crippen LogP contribution >= 0.6 is 0 Å². The SMILES string of the molecule is CC(C)CC(C)(NCC(O)c1ccccc1F)C(N)=O. The lowest BCUT2D eigenvalue weighted by Crippen LogP contribution is -2.54. The molecule has 0 aliphatic rings. The molecule has 2 unspecified atom stereocenters. The summed E-state index contributed by atoms with van der Waals surface area (Å²) in [5, 5.41) is 13.0. The fraction of sp³-hybridized carbons (Fsp3) is 0.533. The highest BCUT2D eigenvalue weighted by Crippen LogP contribution is 2.20. The van der Waals surface area contributed by atoms with Crippen LogP contribution in [0.4, 0.5) is 4.39 Å². The molecule has 1 aromatic carbocycles. The zero-order valence-corrected chi connectivity index (χ0v) is 12.2. The van der Waals surface area contributed by atoms with Gasteiger partial charge in [0.25, 0.3) is 0 Å². The predicted octanol–water partition coefficient (Wildman–Crippen LogP) is 1.74. The van der Waals surface area contributed by atoms with Crippen LogP contribution in [0.3, 0.4) is 0 Å². The summed E-state index contributed by atoms with van der Waals surface area (Å²) in [6.07, 6.45) is -0.478. The number of amides is 1. The summed E-state index contributed by atoms with van der Waals surface area (Å²) in [5.41, 5.74) is 4.71. The van der Waals surface area contributed by atoms with E-state index in [1.165, 1.54) is 12.1 Å². The fourth-order valence-corrected chi connectivity index (χ4v) is 2.25. The van der Waals surface area contributed by atoms with E-state index in [0.717, 1.165) is 0 Å². The van der Waals surface area contributed by atoms with Gasteiger partial charge in [-0.05, 0) is 25.3 Å². The highest BCUT2D eigenvalue weighted by molar-refractivity contribution is 5.84. The van der Waals surface area contributed by atoms with Crippen LogP contribution in [-0.2, 0) is 4.79 Å². The van der Waals surface area contributed by atoms with E-state index < -0.39 is 23.4 Å². The first-order valence-corrected chi connectivity index (χ1v) is 6.73. The average molecular weight is 282 g/mol. The van der Waals surface area contributed by atoms with E-state index in [1.54, 1.807) is 19.1 Å². The maximum absolute atomic E-state index is 13.5. The Hall–Kier alpha value is -1.46. The summed E-state index contributed by atoms with van der Waals surface area (Å²) in [4.78, 5) is 11.6. The molecule has 20 heavy (non-hydrogen) atoms. The number of halogens is 1. The Morgan fingerprint density at radius 3 is 2.55 bits per heavy atom. The van der Waals surface area contributed by atoms with Gasteiger partial charge in [0.05, 0.1) is 11.6 Å². The first kappa shape index (κ1) is 16.6. The van der Waals surface area contributed by atoms with Crippen LogP contribution in [-0.4, -0.2) is 23.1 Å². The molecule has 4 nitrogen and oxygen atoms in total. The van der Waals surface area contributed by atoms with Gasteiger partial charge in [-0.3, -0.25) is 4.79 Å². The largest absolute Gasteiger partial charge is 0.387 e. The van der Waals surface area contributed by atoms with E-state index in [2.05, 4.69) is 5.32 Å². The van der Waals surface area contributed by atoms with Crippen LogP contribution in [0.2, 0.25) is 0 Å². The second-order valence-corrected chi connectivity index (χ2v) is 5.71. The van der Waals surface area contributed by atoms with Crippen molar-refractivity contribution in [2.45, 2.75) is 38.8 Å². The van der Waals surface area contributed by atoms with Crippen molar-refractivity contribution in [1.82, 2.24) is 5.32 Å². The minimum Gasteiger partial charge on any atom is -0.387 e. The lowest BCUT2D eigenvalue weighted by Gasteiger charge is -2.30. The van der Waals surface area contributed by atoms with Crippen molar-refractivity contribution in [3.8, 4) is 0 Å². The third-order valence-electron chi connectivity index (χ3n) is 3.31. The third-order valence-corrected chi connectivity index (χ3v) is 3.31. The Balaban J connectivity index is 2.73. The van der Waals surface area contributed by atoms with Crippen LogP contribution < -0.4 is 11.1 Å². The van der Waals surface area contributed by atoms with E-state index in [9.17, 15) is 14.3 Å². The Kier molecular flexibility index (Phi) is 5.65. The van der Waals surface area contributed by atoms with Gasteiger partial charge >= 0.3 is 0 Å². The summed E-state index contributed by atoms with van der Waals surface area (Å²) in [5.74, 6) is -0.677. The summed E-state index contributed by atoms with van der Waals surface area (Å²) in [6.45, 7) is 5.73. The number of aliphatic hydroxyl groups is 1. The lowest BCUT2D eigenvalue weighted by atomic mass is 9.89. The Labute approximate surface area is 119 Å². The van der Waals surface area contributed by atoms with Crippen LogP contribution in [0, 0.1) is 11.7 Å². The van der Waals surface area contributed by atoms with E-state index in [4.69, 9.17) is 5.73 Å². The number of benzene rings is 1. The number of nitrogens with one attached hydrogen (secondary N) is 1. The van der Waals surface area contributed by atoms with Crippen LogP contribution in [0.25, 0.3) is 0 Å². The molecule has 0 saturated heterocycles. The molecule has 0 spiro atoms. The molecule has 0 heterocycles. The van der Waals surface area contributed by atoms with Crippen molar-refractivity contribution in [1.29, 1.82) is 0 Å². The van der Waals surface area contributed by atoms with Crippen molar-refractivity contribution < 1.29 is 14.3 Å². The number of carbonyl (C=O) groups excluding carboxylic acids is 1. The number of aliphatic hydroxyl groups excluding tert-OH is 1. The van der Waals surface area contributed by atoms with Gasteiger partial charge in [-0.1, -0.05) is 32.0 Å². The molecule has 112 valence electrons. The Bertz CT molecular complexity index is 465. The first-order valence-electron chi connectivity index (χ1n) is 6.73. The quantitative estimate of drug-likeness (QED) is 0.713. The van der Waals surface area contributed by atoms with Gasteiger partial charge in [0.15, 0.2) is 0 Å². The van der Waals surface area contributed by atoms with Crippen molar-refractivity contribution in [3.05, 3.63) is 35.6 Å². The maximum Gasteiger partial charge on any atom is 0.237 e. The molecular formula is C15H23FN2O2. The van der Waals surface area contributed by atoms with Gasteiger partial charge in [-0.25, -0.2) is 4.39 Å². The Morgan fingerprint density at radius 2 is 2.05 bits per heavy atom. The van der Waals surface area contributed by atoms with E-state index in [0.29, 0.717) is 6.42 Å². The molecule has 0 aromatic heterocycles. The zero-order chi connectivity index (χ0) is 15.3.